The Kier molecular flexibility index (Phi) is 5.48. The van der Waals surface area contributed by atoms with Crippen molar-refractivity contribution in [2.24, 2.45) is 23.2 Å². The number of rotatable bonds is 6. The molecule has 164 valence electrons. The molecule has 5 saturated carbocycles. The van der Waals surface area contributed by atoms with Gasteiger partial charge in [0, 0.05) is 13.0 Å². The zero-order chi connectivity index (χ0) is 20.8. The van der Waals surface area contributed by atoms with Crippen molar-refractivity contribution in [1.29, 1.82) is 0 Å². The van der Waals surface area contributed by atoms with Crippen LogP contribution in [-0.2, 0) is 10.2 Å². The van der Waals surface area contributed by atoms with Gasteiger partial charge in [-0.3, -0.25) is 4.79 Å². The molecule has 30 heavy (non-hydrogen) atoms. The summed E-state index contributed by atoms with van der Waals surface area (Å²) >= 11 is 0. The Balaban J connectivity index is 1.25. The van der Waals surface area contributed by atoms with Crippen LogP contribution in [0.15, 0.2) is 18.2 Å². The van der Waals surface area contributed by atoms with Gasteiger partial charge in [-0.2, -0.15) is 0 Å². The smallest absolute Gasteiger partial charge is 0.220 e. The zero-order valence-electron chi connectivity index (χ0n) is 19.3. The van der Waals surface area contributed by atoms with E-state index in [1.54, 1.807) is 5.56 Å². The van der Waals surface area contributed by atoms with Gasteiger partial charge < -0.3 is 5.32 Å². The van der Waals surface area contributed by atoms with Crippen molar-refractivity contribution in [2.45, 2.75) is 103 Å². The van der Waals surface area contributed by atoms with Crippen LogP contribution in [0.4, 0.5) is 0 Å². The summed E-state index contributed by atoms with van der Waals surface area (Å²) in [6.45, 7) is 5.42. The highest BCUT2D eigenvalue weighted by atomic mass is 16.1. The molecule has 1 aromatic rings. The Bertz CT molecular complexity index is 776. The average molecular weight is 408 g/mol. The first-order chi connectivity index (χ1) is 14.5. The molecule has 0 spiro atoms. The van der Waals surface area contributed by atoms with Gasteiger partial charge in [0.15, 0.2) is 0 Å². The summed E-state index contributed by atoms with van der Waals surface area (Å²) in [5.41, 5.74) is 5.16. The summed E-state index contributed by atoms with van der Waals surface area (Å²) in [5.74, 6) is 2.85. The van der Waals surface area contributed by atoms with Gasteiger partial charge in [-0.15, -0.1) is 0 Å². The van der Waals surface area contributed by atoms with Gasteiger partial charge in [0.2, 0.25) is 5.91 Å². The SMILES string of the molecule is Cc1ccc(C23CC4CC(CC(CNC(=O)CCC5CCCCC5)(C4)C2)C3)cc1C. The second-order valence-corrected chi connectivity index (χ2v) is 11.9. The lowest BCUT2D eigenvalue weighted by Crippen LogP contribution is -2.57. The number of hydrogen-bond acceptors (Lipinski definition) is 1. The minimum absolute atomic E-state index is 0.316. The molecule has 2 nitrogen and oxygen atoms in total. The maximum absolute atomic E-state index is 12.7. The second-order valence-electron chi connectivity index (χ2n) is 11.9. The highest BCUT2D eigenvalue weighted by molar-refractivity contribution is 5.75. The quantitative estimate of drug-likeness (QED) is 0.564. The molecular weight excluding hydrogens is 366 g/mol. The van der Waals surface area contributed by atoms with Crippen LogP contribution in [0.3, 0.4) is 0 Å². The van der Waals surface area contributed by atoms with Gasteiger partial charge in [-0.1, -0.05) is 50.3 Å². The molecule has 1 aromatic carbocycles. The van der Waals surface area contributed by atoms with E-state index < -0.39 is 0 Å². The first-order valence-corrected chi connectivity index (χ1v) is 12.8. The highest BCUT2D eigenvalue weighted by Crippen LogP contribution is 2.65. The van der Waals surface area contributed by atoms with E-state index in [0.29, 0.717) is 16.7 Å². The van der Waals surface area contributed by atoms with Crippen LogP contribution in [0.5, 0.6) is 0 Å². The van der Waals surface area contributed by atoms with Crippen LogP contribution in [0.25, 0.3) is 0 Å². The summed E-state index contributed by atoms with van der Waals surface area (Å²) in [4.78, 5) is 12.7. The highest BCUT2D eigenvalue weighted by Gasteiger charge is 2.58. The fraction of sp³-hybridized carbons (Fsp3) is 0.750. The lowest BCUT2D eigenvalue weighted by atomic mass is 9.43. The van der Waals surface area contributed by atoms with Crippen molar-refractivity contribution in [3.63, 3.8) is 0 Å². The van der Waals surface area contributed by atoms with E-state index in [1.807, 2.05) is 0 Å². The third-order valence-corrected chi connectivity index (χ3v) is 9.47. The summed E-state index contributed by atoms with van der Waals surface area (Å²) in [7, 11) is 0. The third-order valence-electron chi connectivity index (χ3n) is 9.47. The van der Waals surface area contributed by atoms with Gasteiger partial charge in [-0.25, -0.2) is 0 Å². The number of benzene rings is 1. The van der Waals surface area contributed by atoms with E-state index in [1.165, 1.54) is 81.8 Å². The molecule has 2 atom stereocenters. The van der Waals surface area contributed by atoms with Crippen molar-refractivity contribution in [1.82, 2.24) is 5.32 Å². The monoisotopic (exact) mass is 407 g/mol. The Labute approximate surface area is 183 Å². The molecular formula is C28H41NO. The molecule has 1 N–H and O–H groups in total. The van der Waals surface area contributed by atoms with Gasteiger partial charge >= 0.3 is 0 Å². The Morgan fingerprint density at radius 3 is 2.43 bits per heavy atom. The van der Waals surface area contributed by atoms with E-state index >= 15 is 0 Å². The molecule has 5 fully saturated rings. The average Bonchev–Trinajstić information content (AvgIpc) is 2.72. The number of carbonyl (C=O) groups excluding carboxylic acids is 1. The zero-order valence-corrected chi connectivity index (χ0v) is 19.3. The molecule has 4 bridgehead atoms. The van der Waals surface area contributed by atoms with Gasteiger partial charge in [0.1, 0.15) is 0 Å². The largest absolute Gasteiger partial charge is 0.356 e. The second kappa shape index (κ2) is 7.99. The molecule has 6 rings (SSSR count). The van der Waals surface area contributed by atoms with E-state index in [9.17, 15) is 4.79 Å². The number of carbonyl (C=O) groups is 1. The van der Waals surface area contributed by atoms with Crippen LogP contribution in [0.2, 0.25) is 0 Å². The van der Waals surface area contributed by atoms with E-state index in [0.717, 1.165) is 37.1 Å². The molecule has 0 saturated heterocycles. The number of nitrogens with one attached hydrogen (secondary N) is 1. The predicted molar refractivity (Wildman–Crippen MR) is 124 cm³/mol. The first kappa shape index (κ1) is 20.6. The standard InChI is InChI=1S/C28H41NO/c1-20-8-10-25(12-21(20)2)28-16-23-13-24(17-28)15-27(14-23,18-28)19-29-26(30)11-9-22-6-4-3-5-7-22/h8,10,12,22-24H,3-7,9,11,13-19H2,1-2H3,(H,29,30). The summed E-state index contributed by atoms with van der Waals surface area (Å²) in [6, 6.07) is 7.24. The lowest BCUT2D eigenvalue weighted by Gasteiger charge is -2.62. The molecule has 0 heterocycles. The summed E-state index contributed by atoms with van der Waals surface area (Å²) in [5, 5.41) is 3.43. The molecule has 5 aliphatic carbocycles. The predicted octanol–water partition coefficient (Wildman–Crippen LogP) is 6.62. The Morgan fingerprint density at radius 1 is 1.00 bits per heavy atom. The van der Waals surface area contributed by atoms with Crippen molar-refractivity contribution < 1.29 is 4.79 Å². The van der Waals surface area contributed by atoms with Crippen molar-refractivity contribution in [2.75, 3.05) is 6.54 Å². The molecule has 0 aromatic heterocycles. The molecule has 2 unspecified atom stereocenters. The van der Waals surface area contributed by atoms with E-state index in [2.05, 4.69) is 37.4 Å². The Morgan fingerprint density at radius 2 is 1.73 bits per heavy atom. The maximum atomic E-state index is 12.7. The van der Waals surface area contributed by atoms with E-state index in [4.69, 9.17) is 0 Å². The van der Waals surface area contributed by atoms with E-state index in [-0.39, 0.29) is 0 Å². The minimum Gasteiger partial charge on any atom is -0.356 e. The maximum Gasteiger partial charge on any atom is 0.220 e. The number of aryl methyl sites for hydroxylation is 2. The molecule has 0 aliphatic heterocycles. The molecule has 1 amide bonds. The van der Waals surface area contributed by atoms with Crippen molar-refractivity contribution in [3.05, 3.63) is 34.9 Å². The first-order valence-electron chi connectivity index (χ1n) is 12.8. The van der Waals surface area contributed by atoms with Gasteiger partial charge in [0.05, 0.1) is 0 Å². The van der Waals surface area contributed by atoms with Gasteiger partial charge in [-0.05, 0) is 104 Å². The Hall–Kier alpha value is -1.31. The fourth-order valence-electron chi connectivity index (χ4n) is 8.25. The lowest BCUT2D eigenvalue weighted by molar-refractivity contribution is -0.124. The van der Waals surface area contributed by atoms with Crippen LogP contribution in [0, 0.1) is 37.0 Å². The van der Waals surface area contributed by atoms with Crippen molar-refractivity contribution in [3.8, 4) is 0 Å². The molecule has 5 aliphatic rings. The van der Waals surface area contributed by atoms with Crippen LogP contribution in [-0.4, -0.2) is 12.5 Å². The van der Waals surface area contributed by atoms with Crippen LogP contribution in [0.1, 0.15) is 100 Å². The summed E-state index contributed by atoms with van der Waals surface area (Å²) < 4.78 is 0. The number of hydrogen-bond donors (Lipinski definition) is 1. The minimum atomic E-state index is 0.316. The normalized spacial score (nSPS) is 35.5. The number of amides is 1. The van der Waals surface area contributed by atoms with Gasteiger partial charge in [0.25, 0.3) is 0 Å². The van der Waals surface area contributed by atoms with Crippen LogP contribution >= 0.6 is 0 Å². The fourth-order valence-corrected chi connectivity index (χ4v) is 8.25. The summed E-state index contributed by atoms with van der Waals surface area (Å²) in [6.07, 6.45) is 16.9. The third kappa shape index (κ3) is 3.96. The van der Waals surface area contributed by atoms with Crippen molar-refractivity contribution >= 4 is 5.91 Å². The molecule has 0 radical (unpaired) electrons. The molecule has 2 heteroatoms. The van der Waals surface area contributed by atoms with Crippen LogP contribution < -0.4 is 5.32 Å². The topological polar surface area (TPSA) is 29.1 Å².